The van der Waals surface area contributed by atoms with Crippen LogP contribution in [0.2, 0.25) is 0 Å². The minimum atomic E-state index is -0.539. The van der Waals surface area contributed by atoms with Crippen LogP contribution in [0.5, 0.6) is 5.75 Å². The molecule has 4 N–H and O–H groups in total. The fourth-order valence-electron chi connectivity index (χ4n) is 3.95. The van der Waals surface area contributed by atoms with Gasteiger partial charge >= 0.3 is 0 Å². The van der Waals surface area contributed by atoms with Crippen LogP contribution in [0, 0.1) is 0 Å². The van der Waals surface area contributed by atoms with Gasteiger partial charge in [0, 0.05) is 14.1 Å². The summed E-state index contributed by atoms with van der Waals surface area (Å²) in [6, 6.07) is 17.0. The van der Waals surface area contributed by atoms with Crippen LogP contribution in [-0.4, -0.2) is 39.8 Å². The lowest BCUT2D eigenvalue weighted by Gasteiger charge is -2.20. The molecule has 0 spiro atoms. The molecule has 0 saturated heterocycles. The number of aromatic hydroxyl groups is 1. The number of aromatic amines is 1. The number of phenolic OH excluding ortho intramolecular Hbond substituents is 1. The summed E-state index contributed by atoms with van der Waals surface area (Å²) in [5.74, 6) is -0.141. The van der Waals surface area contributed by atoms with Crippen molar-refractivity contribution >= 4 is 23.0 Å². The summed E-state index contributed by atoms with van der Waals surface area (Å²) < 4.78 is 6.71. The van der Waals surface area contributed by atoms with E-state index in [9.17, 15) is 19.5 Å². The highest BCUT2D eigenvalue weighted by Gasteiger charge is 2.23. The predicted octanol–water partition coefficient (Wildman–Crippen LogP) is 3.89. The Morgan fingerprint density at radius 3 is 2.46 bits per heavy atom. The van der Waals surface area contributed by atoms with E-state index in [1.807, 2.05) is 37.3 Å². The van der Waals surface area contributed by atoms with E-state index in [1.165, 1.54) is 28.0 Å². The topological polar surface area (TPSA) is 133 Å². The smallest absolute Gasteiger partial charge is 0.291 e. The lowest BCUT2D eigenvalue weighted by atomic mass is 10.1. The number of nitrogens with zero attached hydrogens (tertiary/aromatic N) is 2. The molecule has 4 rings (SSSR count). The lowest BCUT2D eigenvalue weighted by Crippen LogP contribution is -2.34. The molecule has 0 saturated carbocycles. The summed E-state index contributed by atoms with van der Waals surface area (Å²) in [6.07, 6.45) is 2.10. The van der Waals surface area contributed by atoms with Crippen molar-refractivity contribution in [3.8, 4) is 5.75 Å². The molecule has 2 aromatic carbocycles. The first-order chi connectivity index (χ1) is 17.8. The van der Waals surface area contributed by atoms with Crippen molar-refractivity contribution in [1.29, 1.82) is 0 Å². The Hall–Kier alpha value is -4.73. The molecule has 2 heterocycles. The molecule has 0 bridgehead atoms. The zero-order chi connectivity index (χ0) is 26.5. The van der Waals surface area contributed by atoms with Gasteiger partial charge in [0.2, 0.25) is 0 Å². The SMILES string of the molecule is CCC(Nc1c(Nc2cccc(C(=O)N(C)C)c2O)c(=O)n(Cc2ccccc2)[nH]c1=O)c1ccco1. The van der Waals surface area contributed by atoms with E-state index < -0.39 is 23.1 Å². The van der Waals surface area contributed by atoms with Gasteiger partial charge in [-0.1, -0.05) is 43.3 Å². The van der Waals surface area contributed by atoms with Gasteiger partial charge < -0.3 is 25.1 Å². The number of rotatable bonds is 9. The summed E-state index contributed by atoms with van der Waals surface area (Å²) in [4.78, 5) is 40.8. The minimum absolute atomic E-state index is 0.0127. The van der Waals surface area contributed by atoms with Crippen LogP contribution >= 0.6 is 0 Å². The van der Waals surface area contributed by atoms with E-state index in [0.29, 0.717) is 12.2 Å². The Morgan fingerprint density at radius 2 is 1.81 bits per heavy atom. The molecule has 0 fully saturated rings. The Labute approximate surface area is 213 Å². The molecule has 2 aromatic heterocycles. The zero-order valence-corrected chi connectivity index (χ0v) is 20.8. The van der Waals surface area contributed by atoms with Crippen molar-refractivity contribution in [1.82, 2.24) is 14.7 Å². The summed E-state index contributed by atoms with van der Waals surface area (Å²) in [7, 11) is 3.14. The van der Waals surface area contributed by atoms with Gasteiger partial charge in [-0.3, -0.25) is 19.5 Å². The quantitative estimate of drug-likeness (QED) is 0.255. The van der Waals surface area contributed by atoms with Crippen LogP contribution in [0.25, 0.3) is 0 Å². The number of carbonyl (C=O) groups excluding carboxylic acids is 1. The van der Waals surface area contributed by atoms with Crippen LogP contribution < -0.4 is 21.8 Å². The molecule has 1 amide bonds. The van der Waals surface area contributed by atoms with E-state index in [4.69, 9.17) is 4.42 Å². The average Bonchev–Trinajstić information content (AvgIpc) is 3.43. The molecule has 4 aromatic rings. The third kappa shape index (κ3) is 5.43. The van der Waals surface area contributed by atoms with Crippen LogP contribution in [0.1, 0.15) is 41.1 Å². The highest BCUT2D eigenvalue weighted by molar-refractivity contribution is 5.98. The van der Waals surface area contributed by atoms with Crippen molar-refractivity contribution in [2.45, 2.75) is 25.9 Å². The molecular formula is C27H29N5O5. The van der Waals surface area contributed by atoms with E-state index in [-0.39, 0.29) is 34.9 Å². The van der Waals surface area contributed by atoms with Gasteiger partial charge in [-0.15, -0.1) is 0 Å². The van der Waals surface area contributed by atoms with Gasteiger partial charge in [0.1, 0.15) is 17.1 Å². The number of para-hydroxylation sites is 1. The van der Waals surface area contributed by atoms with Gasteiger partial charge in [0.25, 0.3) is 17.0 Å². The Balaban J connectivity index is 1.83. The van der Waals surface area contributed by atoms with Crippen molar-refractivity contribution in [2.75, 3.05) is 24.7 Å². The molecule has 0 aliphatic rings. The lowest BCUT2D eigenvalue weighted by molar-refractivity contribution is 0.0824. The second kappa shape index (κ2) is 10.9. The van der Waals surface area contributed by atoms with E-state index in [0.717, 1.165) is 5.56 Å². The minimum Gasteiger partial charge on any atom is -0.505 e. The molecule has 0 aliphatic heterocycles. The van der Waals surface area contributed by atoms with Crippen molar-refractivity contribution in [2.24, 2.45) is 0 Å². The third-order valence-electron chi connectivity index (χ3n) is 5.90. The molecule has 10 heteroatoms. The maximum absolute atomic E-state index is 13.7. The highest BCUT2D eigenvalue weighted by atomic mass is 16.3. The van der Waals surface area contributed by atoms with Gasteiger partial charge in [-0.05, 0) is 36.2 Å². The number of H-pyrrole nitrogens is 1. The van der Waals surface area contributed by atoms with Crippen LogP contribution in [0.4, 0.5) is 17.1 Å². The summed E-state index contributed by atoms with van der Waals surface area (Å²) >= 11 is 0. The number of hydrogen-bond acceptors (Lipinski definition) is 7. The number of hydrogen-bond donors (Lipinski definition) is 4. The zero-order valence-electron chi connectivity index (χ0n) is 20.8. The first-order valence-corrected chi connectivity index (χ1v) is 11.8. The molecule has 10 nitrogen and oxygen atoms in total. The first kappa shape index (κ1) is 25.4. The third-order valence-corrected chi connectivity index (χ3v) is 5.90. The number of amides is 1. The molecule has 1 atom stereocenters. The molecular weight excluding hydrogens is 474 g/mol. The highest BCUT2D eigenvalue weighted by Crippen LogP contribution is 2.32. The number of nitrogens with one attached hydrogen (secondary N) is 3. The average molecular weight is 504 g/mol. The summed E-state index contributed by atoms with van der Waals surface area (Å²) in [5.41, 5.74) is -0.171. The van der Waals surface area contributed by atoms with Crippen LogP contribution in [0.3, 0.4) is 0 Å². The van der Waals surface area contributed by atoms with E-state index in [2.05, 4.69) is 15.7 Å². The fraction of sp³-hybridized carbons (Fsp3) is 0.222. The predicted molar refractivity (Wildman–Crippen MR) is 142 cm³/mol. The summed E-state index contributed by atoms with van der Waals surface area (Å²) in [5, 5.41) is 19.6. The number of benzene rings is 2. The largest absolute Gasteiger partial charge is 0.505 e. The second-order valence-electron chi connectivity index (χ2n) is 8.71. The maximum Gasteiger partial charge on any atom is 0.291 e. The Morgan fingerprint density at radius 1 is 1.05 bits per heavy atom. The Bertz CT molecular complexity index is 1490. The van der Waals surface area contributed by atoms with Crippen molar-refractivity contribution < 1.29 is 14.3 Å². The van der Waals surface area contributed by atoms with Gasteiger partial charge in [0.05, 0.1) is 30.1 Å². The monoisotopic (exact) mass is 503 g/mol. The van der Waals surface area contributed by atoms with Gasteiger partial charge in [0.15, 0.2) is 5.75 Å². The number of phenols is 1. The van der Waals surface area contributed by atoms with Gasteiger partial charge in [-0.25, -0.2) is 4.68 Å². The second-order valence-corrected chi connectivity index (χ2v) is 8.71. The number of furan rings is 1. The van der Waals surface area contributed by atoms with E-state index in [1.54, 1.807) is 32.3 Å². The molecule has 192 valence electrons. The fourth-order valence-corrected chi connectivity index (χ4v) is 3.95. The normalized spacial score (nSPS) is 11.6. The molecule has 0 aliphatic carbocycles. The van der Waals surface area contributed by atoms with Crippen LogP contribution in [0.15, 0.2) is 80.9 Å². The first-order valence-electron chi connectivity index (χ1n) is 11.8. The van der Waals surface area contributed by atoms with Crippen LogP contribution in [-0.2, 0) is 6.54 Å². The summed E-state index contributed by atoms with van der Waals surface area (Å²) in [6.45, 7) is 2.05. The number of anilines is 3. The van der Waals surface area contributed by atoms with Crippen molar-refractivity contribution in [3.63, 3.8) is 0 Å². The number of aromatic nitrogens is 2. The van der Waals surface area contributed by atoms with E-state index >= 15 is 0 Å². The van der Waals surface area contributed by atoms with Crippen molar-refractivity contribution in [3.05, 3.63) is 105 Å². The standard InChI is InChI=1S/C27H29N5O5/c1-4-19(21-14-9-15-37-21)28-22-23(29-20-13-8-12-18(24(20)33)26(35)31(2)3)27(36)32(30-25(22)34)16-17-10-6-5-7-11-17/h5-15,19,28-29,33H,4,16H2,1-3H3,(H,30,34). The molecule has 1 unspecified atom stereocenters. The maximum atomic E-state index is 13.7. The molecule has 37 heavy (non-hydrogen) atoms. The molecule has 0 radical (unpaired) electrons. The number of carbonyl (C=O) groups is 1. The Kier molecular flexibility index (Phi) is 7.47. The van der Waals surface area contributed by atoms with Gasteiger partial charge in [-0.2, -0.15) is 0 Å².